The minimum atomic E-state index is 0.0668. The summed E-state index contributed by atoms with van der Waals surface area (Å²) in [6.07, 6.45) is 0.382. The van der Waals surface area contributed by atoms with Crippen LogP contribution in [0.4, 0.5) is 0 Å². The number of nitrogens with one attached hydrogen (secondary N) is 1. The molecule has 0 saturated carbocycles. The summed E-state index contributed by atoms with van der Waals surface area (Å²) < 4.78 is 6.55. The zero-order valence-corrected chi connectivity index (χ0v) is 15.1. The molecule has 0 aliphatic carbocycles. The van der Waals surface area contributed by atoms with E-state index >= 15 is 0 Å². The molecule has 0 aliphatic heterocycles. The summed E-state index contributed by atoms with van der Waals surface area (Å²) in [4.78, 5) is 13.0. The van der Waals surface area contributed by atoms with Crippen molar-refractivity contribution in [1.82, 2.24) is 10.2 Å². The Morgan fingerprint density at radius 3 is 2.52 bits per heavy atom. The summed E-state index contributed by atoms with van der Waals surface area (Å²) in [5.74, 6) is 0.832. The molecule has 1 aromatic carbocycles. The second-order valence-electron chi connectivity index (χ2n) is 6.25. The lowest BCUT2D eigenvalue weighted by atomic mass is 10.1. The number of benzene rings is 1. The molecule has 0 saturated heterocycles. The van der Waals surface area contributed by atoms with Gasteiger partial charge in [0.2, 0.25) is 5.91 Å². The molecule has 0 atom stereocenters. The number of nitrogens with zero attached hydrogens (tertiary/aromatic N) is 1. The number of rotatable bonds is 6. The molecule has 0 spiro atoms. The van der Waals surface area contributed by atoms with Gasteiger partial charge in [0.15, 0.2) is 0 Å². The van der Waals surface area contributed by atoms with Crippen molar-refractivity contribution in [2.45, 2.75) is 39.3 Å². The van der Waals surface area contributed by atoms with Crippen molar-refractivity contribution in [2.24, 2.45) is 0 Å². The van der Waals surface area contributed by atoms with E-state index < -0.39 is 0 Å². The normalized spacial score (nSPS) is 11.3. The van der Waals surface area contributed by atoms with Gasteiger partial charge in [-0.2, -0.15) is 0 Å². The molecule has 0 aliphatic rings. The van der Waals surface area contributed by atoms with Crippen LogP contribution in [0.1, 0.15) is 32.8 Å². The summed E-state index contributed by atoms with van der Waals surface area (Å²) in [6, 6.07) is 6.01. The van der Waals surface area contributed by atoms with Gasteiger partial charge < -0.3 is 15.0 Å². The predicted molar refractivity (Wildman–Crippen MR) is 89.5 cm³/mol. The maximum atomic E-state index is 11.5. The van der Waals surface area contributed by atoms with Gasteiger partial charge in [-0.25, -0.2) is 0 Å². The number of carbonyl (C=O) groups is 1. The van der Waals surface area contributed by atoms with Crippen molar-refractivity contribution in [3.05, 3.63) is 28.2 Å². The number of ether oxygens (including phenoxy) is 1. The lowest BCUT2D eigenvalue weighted by molar-refractivity contribution is -0.129. The Morgan fingerprint density at radius 2 is 2.00 bits per heavy atom. The maximum absolute atomic E-state index is 11.5. The van der Waals surface area contributed by atoms with Crippen LogP contribution < -0.4 is 10.1 Å². The molecule has 0 radical (unpaired) electrons. The Labute approximate surface area is 136 Å². The standard InChI is InChI=1S/C16H25BrN2O2/c1-16(2,3)18-11-12-6-7-14(13(17)10-12)21-9-8-15(20)19(4)5/h6-7,10,18H,8-9,11H2,1-5H3. The third kappa shape index (κ3) is 6.96. The van der Waals surface area contributed by atoms with Crippen molar-refractivity contribution < 1.29 is 9.53 Å². The van der Waals surface area contributed by atoms with E-state index in [0.29, 0.717) is 13.0 Å². The monoisotopic (exact) mass is 356 g/mol. The fourth-order valence-electron chi connectivity index (χ4n) is 1.61. The van der Waals surface area contributed by atoms with E-state index in [0.717, 1.165) is 16.8 Å². The first-order valence-corrected chi connectivity index (χ1v) is 7.85. The second-order valence-corrected chi connectivity index (χ2v) is 7.11. The van der Waals surface area contributed by atoms with Crippen LogP contribution >= 0.6 is 15.9 Å². The number of amides is 1. The van der Waals surface area contributed by atoms with Gasteiger partial charge in [-0.15, -0.1) is 0 Å². The van der Waals surface area contributed by atoms with Gasteiger partial charge >= 0.3 is 0 Å². The minimum absolute atomic E-state index is 0.0668. The molecule has 0 bridgehead atoms. The summed E-state index contributed by atoms with van der Waals surface area (Å²) >= 11 is 3.52. The number of carbonyl (C=O) groups excluding carboxylic acids is 1. The molecular formula is C16H25BrN2O2. The van der Waals surface area contributed by atoms with Crippen molar-refractivity contribution in [3.8, 4) is 5.75 Å². The SMILES string of the molecule is CN(C)C(=O)CCOc1ccc(CNC(C)(C)C)cc1Br. The lowest BCUT2D eigenvalue weighted by Crippen LogP contribution is -2.35. The summed E-state index contributed by atoms with van der Waals surface area (Å²) in [5.41, 5.74) is 1.28. The molecule has 0 heterocycles. The first kappa shape index (κ1) is 18.0. The topological polar surface area (TPSA) is 41.6 Å². The first-order chi connectivity index (χ1) is 9.69. The van der Waals surface area contributed by atoms with Crippen molar-refractivity contribution in [3.63, 3.8) is 0 Å². The van der Waals surface area contributed by atoms with Crippen molar-refractivity contribution >= 4 is 21.8 Å². The summed E-state index contributed by atoms with van der Waals surface area (Å²) in [7, 11) is 3.49. The minimum Gasteiger partial charge on any atom is -0.492 e. The molecule has 5 heteroatoms. The Kier molecular flexibility index (Phi) is 6.68. The molecule has 0 unspecified atom stereocenters. The van der Waals surface area contributed by atoms with Crippen LogP contribution in [0.15, 0.2) is 22.7 Å². The fraction of sp³-hybridized carbons (Fsp3) is 0.562. The highest BCUT2D eigenvalue weighted by Gasteiger charge is 2.10. The highest BCUT2D eigenvalue weighted by Crippen LogP contribution is 2.26. The molecule has 0 aromatic heterocycles. The number of hydrogen-bond donors (Lipinski definition) is 1. The molecule has 21 heavy (non-hydrogen) atoms. The van der Waals surface area contributed by atoms with E-state index in [1.54, 1.807) is 19.0 Å². The van der Waals surface area contributed by atoms with Crippen LogP contribution in [-0.4, -0.2) is 37.0 Å². The van der Waals surface area contributed by atoms with Gasteiger partial charge in [0, 0.05) is 26.2 Å². The highest BCUT2D eigenvalue weighted by atomic mass is 79.9. The van der Waals surface area contributed by atoms with Crippen molar-refractivity contribution in [2.75, 3.05) is 20.7 Å². The quantitative estimate of drug-likeness (QED) is 0.850. The largest absolute Gasteiger partial charge is 0.492 e. The average molecular weight is 357 g/mol. The average Bonchev–Trinajstić information content (AvgIpc) is 2.37. The lowest BCUT2D eigenvalue weighted by Gasteiger charge is -2.20. The number of hydrogen-bond acceptors (Lipinski definition) is 3. The van der Waals surface area contributed by atoms with Gasteiger partial charge in [0.25, 0.3) is 0 Å². The van der Waals surface area contributed by atoms with Crippen LogP contribution in [0.25, 0.3) is 0 Å². The molecule has 1 amide bonds. The van der Waals surface area contributed by atoms with E-state index in [1.165, 1.54) is 5.56 Å². The van der Waals surface area contributed by atoms with Gasteiger partial charge in [0.05, 0.1) is 17.5 Å². The Morgan fingerprint density at radius 1 is 1.33 bits per heavy atom. The molecule has 1 N–H and O–H groups in total. The molecule has 1 rings (SSSR count). The molecule has 118 valence electrons. The second kappa shape index (κ2) is 7.80. The van der Waals surface area contributed by atoms with E-state index in [1.807, 2.05) is 18.2 Å². The maximum Gasteiger partial charge on any atom is 0.225 e. The smallest absolute Gasteiger partial charge is 0.225 e. The third-order valence-electron chi connectivity index (χ3n) is 2.89. The molecular weight excluding hydrogens is 332 g/mol. The number of halogens is 1. The zero-order valence-electron chi connectivity index (χ0n) is 13.5. The molecule has 4 nitrogen and oxygen atoms in total. The third-order valence-corrected chi connectivity index (χ3v) is 3.51. The van der Waals surface area contributed by atoms with E-state index in [2.05, 4.69) is 42.0 Å². The van der Waals surface area contributed by atoms with E-state index in [-0.39, 0.29) is 11.4 Å². The van der Waals surface area contributed by atoms with Crippen molar-refractivity contribution in [1.29, 1.82) is 0 Å². The summed E-state index contributed by atoms with van der Waals surface area (Å²) in [6.45, 7) is 7.61. The Balaban J connectivity index is 2.52. The van der Waals surface area contributed by atoms with Crippen LogP contribution in [0.5, 0.6) is 5.75 Å². The van der Waals surface area contributed by atoms with Gasteiger partial charge in [-0.3, -0.25) is 4.79 Å². The van der Waals surface area contributed by atoms with E-state index in [4.69, 9.17) is 4.74 Å². The molecule has 0 fully saturated rings. The highest BCUT2D eigenvalue weighted by molar-refractivity contribution is 9.10. The van der Waals surface area contributed by atoms with Crippen LogP contribution in [-0.2, 0) is 11.3 Å². The predicted octanol–water partition coefficient (Wildman–Crippen LogP) is 3.19. The first-order valence-electron chi connectivity index (χ1n) is 7.05. The van der Waals surface area contributed by atoms with Gasteiger partial charge in [-0.1, -0.05) is 6.07 Å². The van der Waals surface area contributed by atoms with Crippen LogP contribution in [0, 0.1) is 0 Å². The van der Waals surface area contributed by atoms with Gasteiger partial charge in [0.1, 0.15) is 5.75 Å². The van der Waals surface area contributed by atoms with Crippen LogP contribution in [0.3, 0.4) is 0 Å². The van der Waals surface area contributed by atoms with Gasteiger partial charge in [-0.05, 0) is 54.4 Å². The summed E-state index contributed by atoms with van der Waals surface area (Å²) in [5, 5.41) is 3.44. The molecule has 1 aromatic rings. The zero-order chi connectivity index (χ0) is 16.0. The Hall–Kier alpha value is -1.07. The van der Waals surface area contributed by atoms with Crippen LogP contribution in [0.2, 0.25) is 0 Å². The van der Waals surface area contributed by atoms with E-state index in [9.17, 15) is 4.79 Å². The Bertz CT molecular complexity index is 482. The fourth-order valence-corrected chi connectivity index (χ4v) is 2.15.